The molecule has 21 heavy (non-hydrogen) atoms. The molecule has 8 heteroatoms. The molecule has 108 valence electrons. The summed E-state index contributed by atoms with van der Waals surface area (Å²) in [6.07, 6.45) is 0.862. The van der Waals surface area contributed by atoms with Gasteiger partial charge in [-0.3, -0.25) is 10.1 Å². The third-order valence-electron chi connectivity index (χ3n) is 2.59. The maximum absolute atomic E-state index is 11.0. The smallest absolute Gasteiger partial charge is 0.342 e. The van der Waals surface area contributed by atoms with Gasteiger partial charge in [0.25, 0.3) is 0 Å². The van der Waals surface area contributed by atoms with Gasteiger partial charge in [0.15, 0.2) is 0 Å². The van der Waals surface area contributed by atoms with Gasteiger partial charge in [0.2, 0.25) is 5.88 Å². The number of carbonyl (C=O) groups is 1. The van der Waals surface area contributed by atoms with Crippen molar-refractivity contribution >= 4 is 27.6 Å². The number of carboxylic acids is 1. The Balaban J connectivity index is 2.39. The number of hydrogen-bond donors (Lipinski definition) is 1. The van der Waals surface area contributed by atoms with E-state index in [2.05, 4.69) is 20.9 Å². The molecule has 0 unspecified atom stereocenters. The van der Waals surface area contributed by atoms with E-state index in [1.165, 1.54) is 0 Å². The molecule has 0 saturated carbocycles. The highest BCUT2D eigenvalue weighted by Crippen LogP contribution is 2.31. The van der Waals surface area contributed by atoms with Gasteiger partial charge in [0.1, 0.15) is 17.5 Å². The number of carboxylic acid groups (broad SMARTS) is 1. The summed E-state index contributed by atoms with van der Waals surface area (Å²) in [5.74, 6) is -1.03. The number of halogens is 1. The van der Waals surface area contributed by atoms with Crippen LogP contribution < -0.4 is 4.74 Å². The first-order chi connectivity index (χ1) is 9.88. The Labute approximate surface area is 127 Å². The van der Waals surface area contributed by atoms with E-state index in [1.807, 2.05) is 19.1 Å². The second-order valence-corrected chi connectivity index (χ2v) is 4.99. The van der Waals surface area contributed by atoms with Gasteiger partial charge in [-0.2, -0.15) is 0 Å². The summed E-state index contributed by atoms with van der Waals surface area (Å²) in [5, 5.41) is 19.7. The highest BCUT2D eigenvalue weighted by molar-refractivity contribution is 9.10. The Kier molecular flexibility index (Phi) is 4.18. The lowest BCUT2D eigenvalue weighted by atomic mass is 10.2. The van der Waals surface area contributed by atoms with Crippen LogP contribution in [0.15, 0.2) is 34.9 Å². The van der Waals surface area contributed by atoms with E-state index in [0.717, 1.165) is 17.8 Å². The molecule has 0 radical (unpaired) electrons. The van der Waals surface area contributed by atoms with Crippen LogP contribution in [0.2, 0.25) is 0 Å². The van der Waals surface area contributed by atoms with Crippen LogP contribution in [0.25, 0.3) is 0 Å². The molecule has 1 N–H and O–H groups in total. The largest absolute Gasteiger partial charge is 0.477 e. The average molecular weight is 353 g/mol. The second kappa shape index (κ2) is 5.88. The zero-order valence-electron chi connectivity index (χ0n) is 10.7. The van der Waals surface area contributed by atoms with Crippen molar-refractivity contribution in [3.8, 4) is 11.6 Å². The van der Waals surface area contributed by atoms with Crippen LogP contribution >= 0.6 is 15.9 Å². The number of aromatic carboxylic acids is 1. The summed E-state index contributed by atoms with van der Waals surface area (Å²) in [6, 6.07) is 6.33. The van der Waals surface area contributed by atoms with Crippen LogP contribution in [0.4, 0.5) is 5.69 Å². The molecule has 1 aromatic heterocycles. The molecule has 1 aromatic carbocycles. The second-order valence-electron chi connectivity index (χ2n) is 4.14. The number of aryl methyl sites for hydroxylation is 1. The Morgan fingerprint density at radius 2 is 2.14 bits per heavy atom. The van der Waals surface area contributed by atoms with Gasteiger partial charge in [0.05, 0.1) is 9.40 Å². The van der Waals surface area contributed by atoms with Crippen molar-refractivity contribution in [3.63, 3.8) is 0 Å². The molecule has 7 nitrogen and oxygen atoms in total. The van der Waals surface area contributed by atoms with E-state index in [1.54, 1.807) is 6.07 Å². The minimum Gasteiger partial charge on any atom is -0.477 e. The summed E-state index contributed by atoms with van der Waals surface area (Å²) in [4.78, 5) is 24.7. The quantitative estimate of drug-likeness (QED) is 0.666. The fourth-order valence-corrected chi connectivity index (χ4v) is 2.18. The summed E-state index contributed by atoms with van der Waals surface area (Å²) >= 11 is 3.31. The molecule has 0 bridgehead atoms. The van der Waals surface area contributed by atoms with E-state index < -0.39 is 22.1 Å². The van der Waals surface area contributed by atoms with E-state index in [4.69, 9.17) is 9.84 Å². The lowest BCUT2D eigenvalue weighted by Gasteiger charge is -2.08. The SMILES string of the molecule is Cc1ccc(Oc2cc(C(=O)O)c([N+](=O)[O-])cn2)c(Br)c1. The van der Waals surface area contributed by atoms with Gasteiger partial charge < -0.3 is 9.84 Å². The topological polar surface area (TPSA) is 103 Å². The molecule has 0 spiro atoms. The Morgan fingerprint density at radius 3 is 2.71 bits per heavy atom. The van der Waals surface area contributed by atoms with E-state index in [0.29, 0.717) is 10.2 Å². The molecule has 2 aromatic rings. The number of benzene rings is 1. The molecular weight excluding hydrogens is 344 g/mol. The number of pyridine rings is 1. The van der Waals surface area contributed by atoms with Crippen molar-refractivity contribution in [1.82, 2.24) is 4.98 Å². The van der Waals surface area contributed by atoms with Crippen molar-refractivity contribution < 1.29 is 19.6 Å². The Hall–Kier alpha value is -2.48. The minimum absolute atomic E-state index is 0.0393. The van der Waals surface area contributed by atoms with Crippen molar-refractivity contribution in [1.29, 1.82) is 0 Å². The fourth-order valence-electron chi connectivity index (χ4n) is 1.60. The van der Waals surface area contributed by atoms with Crippen LogP contribution in [0.3, 0.4) is 0 Å². The molecule has 0 atom stereocenters. The van der Waals surface area contributed by atoms with Gasteiger partial charge in [0, 0.05) is 6.07 Å². The highest BCUT2D eigenvalue weighted by atomic mass is 79.9. The van der Waals surface area contributed by atoms with Gasteiger partial charge in [-0.25, -0.2) is 9.78 Å². The van der Waals surface area contributed by atoms with Crippen LogP contribution in [-0.2, 0) is 0 Å². The summed E-state index contributed by atoms with van der Waals surface area (Å²) in [5.41, 5.74) is -0.0526. The number of nitro groups is 1. The molecule has 0 fully saturated rings. The third-order valence-corrected chi connectivity index (χ3v) is 3.21. The third kappa shape index (κ3) is 3.34. The van der Waals surface area contributed by atoms with Crippen LogP contribution in [0.1, 0.15) is 15.9 Å². The molecular formula is C13H9BrN2O5. The number of aromatic nitrogens is 1. The van der Waals surface area contributed by atoms with E-state index in [-0.39, 0.29) is 5.88 Å². The predicted octanol–water partition coefficient (Wildman–Crippen LogP) is 3.55. The first kappa shape index (κ1) is 14.9. The lowest BCUT2D eigenvalue weighted by Crippen LogP contribution is -2.04. The Morgan fingerprint density at radius 1 is 1.43 bits per heavy atom. The van der Waals surface area contributed by atoms with Gasteiger partial charge in [-0.05, 0) is 40.5 Å². The van der Waals surface area contributed by atoms with E-state index in [9.17, 15) is 14.9 Å². The first-order valence-corrected chi connectivity index (χ1v) is 6.49. The van der Waals surface area contributed by atoms with E-state index >= 15 is 0 Å². The Bertz CT molecular complexity index is 732. The van der Waals surface area contributed by atoms with Crippen LogP contribution in [0, 0.1) is 17.0 Å². The monoisotopic (exact) mass is 352 g/mol. The van der Waals surface area contributed by atoms with Crippen LogP contribution in [0.5, 0.6) is 11.6 Å². The number of ether oxygens (including phenoxy) is 1. The molecule has 0 aliphatic carbocycles. The molecule has 1 heterocycles. The maximum atomic E-state index is 11.0. The summed E-state index contributed by atoms with van der Waals surface area (Å²) in [7, 11) is 0. The van der Waals surface area contributed by atoms with Gasteiger partial charge in [-0.1, -0.05) is 6.07 Å². The van der Waals surface area contributed by atoms with Crippen molar-refractivity contribution in [3.05, 3.63) is 56.2 Å². The summed E-state index contributed by atoms with van der Waals surface area (Å²) in [6.45, 7) is 1.90. The van der Waals surface area contributed by atoms with Crippen molar-refractivity contribution in [2.75, 3.05) is 0 Å². The molecule has 0 aliphatic rings. The summed E-state index contributed by atoms with van der Waals surface area (Å²) < 4.78 is 6.11. The van der Waals surface area contributed by atoms with Crippen LogP contribution in [-0.4, -0.2) is 21.0 Å². The maximum Gasteiger partial charge on any atom is 0.342 e. The fraction of sp³-hybridized carbons (Fsp3) is 0.0769. The predicted molar refractivity (Wildman–Crippen MR) is 76.8 cm³/mol. The number of hydrogen-bond acceptors (Lipinski definition) is 5. The highest BCUT2D eigenvalue weighted by Gasteiger charge is 2.21. The van der Waals surface area contributed by atoms with Gasteiger partial charge >= 0.3 is 11.7 Å². The molecule has 0 aliphatic heterocycles. The van der Waals surface area contributed by atoms with Gasteiger partial charge in [-0.15, -0.1) is 0 Å². The molecule has 2 rings (SSSR count). The zero-order chi connectivity index (χ0) is 15.6. The van der Waals surface area contributed by atoms with Crippen molar-refractivity contribution in [2.45, 2.75) is 6.92 Å². The lowest BCUT2D eigenvalue weighted by molar-refractivity contribution is -0.385. The minimum atomic E-state index is -1.42. The first-order valence-electron chi connectivity index (χ1n) is 5.70. The van der Waals surface area contributed by atoms with Crippen molar-refractivity contribution in [2.24, 2.45) is 0 Å². The molecule has 0 saturated heterocycles. The average Bonchev–Trinajstić information content (AvgIpc) is 2.41. The normalized spacial score (nSPS) is 10.2. The molecule has 0 amide bonds. The standard InChI is InChI=1S/C13H9BrN2O5/c1-7-2-3-11(9(14)4-7)21-12-5-8(13(17)18)10(6-15-12)16(19)20/h2-6H,1H3,(H,17,18). The zero-order valence-corrected chi connectivity index (χ0v) is 12.3. The number of nitrogens with zero attached hydrogens (tertiary/aromatic N) is 2. The number of rotatable bonds is 4.